The van der Waals surface area contributed by atoms with E-state index in [-0.39, 0.29) is 5.91 Å². The highest BCUT2D eigenvalue weighted by molar-refractivity contribution is 5.74. The van der Waals surface area contributed by atoms with Crippen molar-refractivity contribution >= 4 is 12.1 Å². The number of nitrogens with zero attached hydrogens (tertiary/aromatic N) is 3. The minimum Gasteiger partial charge on any atom is -0.394 e. The Kier molecular flexibility index (Phi) is 4.78. The zero-order chi connectivity index (χ0) is 15.6. The highest BCUT2D eigenvalue weighted by atomic mass is 16.5. The number of amides is 1. The molecule has 21 heavy (non-hydrogen) atoms. The SMILES string of the molecule is CC(=O)N[C@H]1C(/C=[N+]2/C=C(C)N=N2)O[C@H](CO)[C@H](O)[C@@H]1O. The summed E-state index contributed by atoms with van der Waals surface area (Å²) in [5.74, 6) is -0.370. The van der Waals surface area contributed by atoms with E-state index in [2.05, 4.69) is 15.7 Å². The largest absolute Gasteiger partial charge is 0.394 e. The number of carbonyl (C=O) groups is 1. The molecule has 1 fully saturated rings. The van der Waals surface area contributed by atoms with Crippen molar-refractivity contribution in [3.05, 3.63) is 11.9 Å². The van der Waals surface area contributed by atoms with Crippen molar-refractivity contribution < 1.29 is 29.5 Å². The van der Waals surface area contributed by atoms with Crippen molar-refractivity contribution in [2.24, 2.45) is 10.3 Å². The molecule has 2 heterocycles. The van der Waals surface area contributed by atoms with Crippen molar-refractivity contribution in [2.75, 3.05) is 6.61 Å². The standard InChI is InChI=1S/C12H18N4O5/c1-6-3-16(15-14-6)4-8-10(13-7(2)18)12(20)11(19)9(5-17)21-8/h3-4,8-12,17,19-20H,5H2,1-2H3/p+1/b16-4-/t8?,9-,10+,11+,12-/m1/s1. The number of hydrogen-bond donors (Lipinski definition) is 4. The summed E-state index contributed by atoms with van der Waals surface area (Å²) in [6.07, 6.45) is -1.14. The van der Waals surface area contributed by atoms with Crippen LogP contribution in [-0.2, 0) is 9.53 Å². The number of carbonyl (C=O) groups excluding carboxylic acids is 1. The summed E-state index contributed by atoms with van der Waals surface area (Å²) in [5.41, 5.74) is 0.692. The lowest BCUT2D eigenvalue weighted by atomic mass is 9.93. The van der Waals surface area contributed by atoms with Crippen molar-refractivity contribution in [1.29, 1.82) is 0 Å². The van der Waals surface area contributed by atoms with Gasteiger partial charge in [0.25, 0.3) is 0 Å². The Hall–Kier alpha value is -1.68. The fourth-order valence-electron chi connectivity index (χ4n) is 2.26. The van der Waals surface area contributed by atoms with Crippen molar-refractivity contribution in [1.82, 2.24) is 5.32 Å². The number of aliphatic hydroxyl groups excluding tert-OH is 3. The molecule has 0 saturated carbocycles. The van der Waals surface area contributed by atoms with Crippen LogP contribution in [0, 0.1) is 0 Å². The number of aliphatic hydroxyl groups is 3. The second kappa shape index (κ2) is 6.39. The molecule has 4 N–H and O–H groups in total. The topological polar surface area (TPSA) is 127 Å². The van der Waals surface area contributed by atoms with E-state index in [0.717, 1.165) is 0 Å². The van der Waals surface area contributed by atoms with Gasteiger partial charge in [-0.3, -0.25) is 4.79 Å². The summed E-state index contributed by atoms with van der Waals surface area (Å²) in [7, 11) is 0. The Morgan fingerprint density at radius 2 is 2.24 bits per heavy atom. The van der Waals surface area contributed by atoms with E-state index in [1.165, 1.54) is 17.8 Å². The fraction of sp³-hybridized carbons (Fsp3) is 0.667. The molecule has 9 heteroatoms. The summed E-state index contributed by atoms with van der Waals surface area (Å²) in [4.78, 5) is 11.3. The van der Waals surface area contributed by atoms with Gasteiger partial charge in [0, 0.05) is 13.8 Å². The molecule has 2 aliphatic heterocycles. The lowest BCUT2D eigenvalue weighted by Gasteiger charge is -2.40. The van der Waals surface area contributed by atoms with Gasteiger partial charge < -0.3 is 25.4 Å². The number of nitrogens with one attached hydrogen (secondary N) is 1. The molecule has 2 rings (SSSR count). The van der Waals surface area contributed by atoms with Crippen LogP contribution in [0.5, 0.6) is 0 Å². The van der Waals surface area contributed by atoms with Crippen LogP contribution in [0.3, 0.4) is 0 Å². The molecule has 2 aliphatic rings. The molecule has 1 amide bonds. The van der Waals surface area contributed by atoms with Gasteiger partial charge >= 0.3 is 0 Å². The number of allylic oxidation sites excluding steroid dienone is 1. The molecular formula is C12H19N4O5+. The van der Waals surface area contributed by atoms with Crippen molar-refractivity contribution in [3.8, 4) is 0 Å². The number of rotatable bonds is 3. The normalized spacial score (nSPS) is 37.7. The Labute approximate surface area is 121 Å². The molecule has 0 aromatic carbocycles. The molecule has 0 aromatic heterocycles. The Bertz CT molecular complexity index is 504. The maximum atomic E-state index is 11.3. The van der Waals surface area contributed by atoms with Crippen LogP contribution in [0.15, 0.2) is 22.2 Å². The van der Waals surface area contributed by atoms with Gasteiger partial charge in [-0.05, 0) is 0 Å². The zero-order valence-electron chi connectivity index (χ0n) is 11.7. The van der Waals surface area contributed by atoms with Gasteiger partial charge in [-0.2, -0.15) is 0 Å². The molecule has 0 aromatic rings. The van der Waals surface area contributed by atoms with Crippen LogP contribution in [0.4, 0.5) is 0 Å². The second-order valence-electron chi connectivity index (χ2n) is 5.02. The lowest BCUT2D eigenvalue weighted by Crippen LogP contribution is -2.64. The molecule has 1 unspecified atom stereocenters. The van der Waals surface area contributed by atoms with Gasteiger partial charge in [-0.1, -0.05) is 0 Å². The van der Waals surface area contributed by atoms with Gasteiger partial charge in [0.1, 0.15) is 35.9 Å². The highest BCUT2D eigenvalue weighted by Gasteiger charge is 2.45. The third-order valence-corrected chi connectivity index (χ3v) is 3.26. The van der Waals surface area contributed by atoms with Gasteiger partial charge in [0.15, 0.2) is 6.20 Å². The number of ether oxygens (including phenoxy) is 1. The lowest BCUT2D eigenvalue weighted by molar-refractivity contribution is -0.463. The van der Waals surface area contributed by atoms with E-state index in [1.54, 1.807) is 13.1 Å². The molecule has 116 valence electrons. The highest BCUT2D eigenvalue weighted by Crippen LogP contribution is 2.21. The fourth-order valence-corrected chi connectivity index (χ4v) is 2.26. The summed E-state index contributed by atoms with van der Waals surface area (Å²) in [6, 6.07) is -0.857. The molecular weight excluding hydrogens is 280 g/mol. The van der Waals surface area contributed by atoms with Gasteiger partial charge in [0.2, 0.25) is 11.6 Å². The average molecular weight is 299 g/mol. The zero-order valence-corrected chi connectivity index (χ0v) is 11.7. The Morgan fingerprint density at radius 3 is 2.76 bits per heavy atom. The molecule has 5 atom stereocenters. The van der Waals surface area contributed by atoms with Crippen LogP contribution in [0.2, 0.25) is 0 Å². The second-order valence-corrected chi connectivity index (χ2v) is 5.02. The van der Waals surface area contributed by atoms with Gasteiger partial charge in [-0.15, -0.1) is 4.68 Å². The smallest absolute Gasteiger partial charge is 0.218 e. The first-order chi connectivity index (χ1) is 9.92. The maximum absolute atomic E-state index is 11.3. The van der Waals surface area contributed by atoms with Crippen molar-refractivity contribution in [2.45, 2.75) is 44.3 Å². The van der Waals surface area contributed by atoms with E-state index >= 15 is 0 Å². The summed E-state index contributed by atoms with van der Waals surface area (Å²) in [5, 5.41) is 39.4. The summed E-state index contributed by atoms with van der Waals surface area (Å²) >= 11 is 0. The predicted octanol–water partition coefficient (Wildman–Crippen LogP) is -1.70. The third kappa shape index (κ3) is 3.50. The summed E-state index contributed by atoms with van der Waals surface area (Å²) < 4.78 is 6.92. The van der Waals surface area contributed by atoms with Gasteiger partial charge in [-0.25, -0.2) is 0 Å². The van der Waals surface area contributed by atoms with E-state index in [4.69, 9.17) is 4.74 Å². The first-order valence-electron chi connectivity index (χ1n) is 6.55. The van der Waals surface area contributed by atoms with Crippen LogP contribution in [0.1, 0.15) is 13.8 Å². The molecule has 0 spiro atoms. The number of hydrogen-bond acceptors (Lipinski definition) is 7. The van der Waals surface area contributed by atoms with E-state index in [0.29, 0.717) is 5.70 Å². The molecule has 0 bridgehead atoms. The third-order valence-electron chi connectivity index (χ3n) is 3.26. The van der Waals surface area contributed by atoms with E-state index in [9.17, 15) is 20.1 Å². The minimum atomic E-state index is -1.30. The minimum absolute atomic E-state index is 0.370. The van der Waals surface area contributed by atoms with Crippen LogP contribution in [-0.4, -0.2) is 69.2 Å². The molecule has 0 aliphatic carbocycles. The average Bonchev–Trinajstić information content (AvgIpc) is 2.83. The quantitative estimate of drug-likeness (QED) is 0.462. The van der Waals surface area contributed by atoms with E-state index < -0.39 is 37.1 Å². The Morgan fingerprint density at radius 1 is 1.52 bits per heavy atom. The Balaban J connectivity index is 2.25. The molecule has 0 radical (unpaired) electrons. The molecule has 9 nitrogen and oxygen atoms in total. The predicted molar refractivity (Wildman–Crippen MR) is 70.3 cm³/mol. The van der Waals surface area contributed by atoms with Crippen LogP contribution >= 0.6 is 0 Å². The van der Waals surface area contributed by atoms with Crippen LogP contribution < -0.4 is 5.32 Å². The first-order valence-corrected chi connectivity index (χ1v) is 6.55. The van der Waals surface area contributed by atoms with E-state index in [1.807, 2.05) is 0 Å². The first kappa shape index (κ1) is 15.7. The van der Waals surface area contributed by atoms with Gasteiger partial charge in [0.05, 0.1) is 17.8 Å². The monoisotopic (exact) mass is 299 g/mol. The van der Waals surface area contributed by atoms with Crippen molar-refractivity contribution in [3.63, 3.8) is 0 Å². The molecule has 1 saturated heterocycles. The summed E-state index contributed by atoms with van der Waals surface area (Å²) in [6.45, 7) is 2.61. The van der Waals surface area contributed by atoms with Crippen LogP contribution in [0.25, 0.3) is 0 Å². The maximum Gasteiger partial charge on any atom is 0.218 e.